The molecule has 0 aliphatic carbocycles. The number of benzene rings is 1. The smallest absolute Gasteiger partial charge is 0.118 e. The lowest BCUT2D eigenvalue weighted by molar-refractivity contribution is 0.0413. The van der Waals surface area contributed by atoms with Crippen molar-refractivity contribution in [2.45, 2.75) is 25.8 Å². The number of methoxy groups -OCH3 is 1. The van der Waals surface area contributed by atoms with Gasteiger partial charge in [-0.25, -0.2) is 0 Å². The number of pyridine rings is 1. The molecule has 1 aliphatic heterocycles. The zero-order chi connectivity index (χ0) is 16.8. The van der Waals surface area contributed by atoms with Crippen LogP contribution in [0.2, 0.25) is 0 Å². The predicted molar refractivity (Wildman–Crippen MR) is 95.0 cm³/mol. The molecule has 3 rings (SSSR count). The molecule has 0 radical (unpaired) electrons. The van der Waals surface area contributed by atoms with Crippen molar-refractivity contribution in [3.63, 3.8) is 0 Å². The summed E-state index contributed by atoms with van der Waals surface area (Å²) in [7, 11) is 1.68. The summed E-state index contributed by atoms with van der Waals surface area (Å²) in [6.45, 7) is 3.23. The predicted octanol–water partition coefficient (Wildman–Crippen LogP) is 2.91. The number of likely N-dealkylation sites (tertiary alicyclic amines) is 1. The monoisotopic (exact) mass is 326 g/mol. The molecule has 0 bridgehead atoms. The number of aliphatic hydroxyl groups excluding tert-OH is 1. The largest absolute Gasteiger partial charge is 0.497 e. The van der Waals surface area contributed by atoms with Crippen LogP contribution >= 0.6 is 0 Å². The topological polar surface area (TPSA) is 45.6 Å². The SMILES string of the molecule is COc1ccc(CC2(CO)CCN(Cc3cccnc3)CC2)cc1. The third-order valence-corrected chi connectivity index (χ3v) is 5.12. The molecule has 1 N–H and O–H groups in total. The highest BCUT2D eigenvalue weighted by atomic mass is 16.5. The third kappa shape index (κ3) is 4.13. The van der Waals surface area contributed by atoms with Crippen LogP contribution < -0.4 is 4.74 Å². The van der Waals surface area contributed by atoms with Gasteiger partial charge in [0.2, 0.25) is 0 Å². The number of hydrogen-bond acceptors (Lipinski definition) is 4. The molecule has 0 atom stereocenters. The number of hydrogen-bond donors (Lipinski definition) is 1. The Bertz CT molecular complexity index is 620. The Morgan fingerprint density at radius 3 is 2.46 bits per heavy atom. The Morgan fingerprint density at radius 1 is 1.12 bits per heavy atom. The van der Waals surface area contributed by atoms with E-state index in [-0.39, 0.29) is 12.0 Å². The molecule has 1 aromatic heterocycles. The summed E-state index contributed by atoms with van der Waals surface area (Å²) >= 11 is 0. The highest BCUT2D eigenvalue weighted by Gasteiger charge is 2.34. The van der Waals surface area contributed by atoms with E-state index in [9.17, 15) is 5.11 Å². The van der Waals surface area contributed by atoms with E-state index >= 15 is 0 Å². The van der Waals surface area contributed by atoms with Crippen molar-refractivity contribution in [1.29, 1.82) is 0 Å². The Kier molecular flexibility index (Phi) is 5.48. The van der Waals surface area contributed by atoms with Crippen molar-refractivity contribution in [2.75, 3.05) is 26.8 Å². The molecule has 2 aromatic rings. The summed E-state index contributed by atoms with van der Waals surface area (Å²) in [5.41, 5.74) is 2.52. The van der Waals surface area contributed by atoms with Crippen molar-refractivity contribution >= 4 is 0 Å². The van der Waals surface area contributed by atoms with Gasteiger partial charge >= 0.3 is 0 Å². The molecule has 0 saturated carbocycles. The molecular weight excluding hydrogens is 300 g/mol. The zero-order valence-corrected chi connectivity index (χ0v) is 14.3. The van der Waals surface area contributed by atoms with Crippen molar-refractivity contribution < 1.29 is 9.84 Å². The molecule has 0 unspecified atom stereocenters. The first-order chi connectivity index (χ1) is 11.7. The molecule has 1 saturated heterocycles. The zero-order valence-electron chi connectivity index (χ0n) is 14.3. The van der Waals surface area contributed by atoms with Crippen LogP contribution in [0.1, 0.15) is 24.0 Å². The van der Waals surface area contributed by atoms with E-state index in [1.54, 1.807) is 7.11 Å². The Balaban J connectivity index is 1.59. The number of aliphatic hydroxyl groups is 1. The fraction of sp³-hybridized carbons (Fsp3) is 0.450. The van der Waals surface area contributed by atoms with Crippen LogP contribution in [0.15, 0.2) is 48.8 Å². The second kappa shape index (κ2) is 7.77. The number of rotatable bonds is 6. The molecule has 0 spiro atoms. The minimum Gasteiger partial charge on any atom is -0.497 e. The van der Waals surface area contributed by atoms with Crippen molar-refractivity contribution in [1.82, 2.24) is 9.88 Å². The van der Waals surface area contributed by atoms with Gasteiger partial charge in [-0.05, 0) is 67.1 Å². The number of ether oxygens (including phenoxy) is 1. The highest BCUT2D eigenvalue weighted by Crippen LogP contribution is 2.35. The maximum atomic E-state index is 10.0. The van der Waals surface area contributed by atoms with E-state index < -0.39 is 0 Å². The standard InChI is InChI=1S/C20H26N2O2/c1-24-19-6-4-17(5-7-19)13-20(16-23)8-11-22(12-9-20)15-18-3-2-10-21-14-18/h2-7,10,14,23H,8-9,11-13,15-16H2,1H3. The summed E-state index contributed by atoms with van der Waals surface area (Å²) < 4.78 is 5.22. The normalized spacial score (nSPS) is 17.6. The van der Waals surface area contributed by atoms with Gasteiger partial charge in [-0.1, -0.05) is 18.2 Å². The molecule has 1 aliphatic rings. The first kappa shape index (κ1) is 16.9. The number of aromatic nitrogens is 1. The minimum absolute atomic E-state index is 0.0000261. The quantitative estimate of drug-likeness (QED) is 0.886. The van der Waals surface area contributed by atoms with Gasteiger partial charge in [-0.2, -0.15) is 0 Å². The lowest BCUT2D eigenvalue weighted by atomic mass is 9.74. The average Bonchev–Trinajstić information content (AvgIpc) is 2.65. The maximum Gasteiger partial charge on any atom is 0.118 e. The van der Waals surface area contributed by atoms with Gasteiger partial charge < -0.3 is 9.84 Å². The van der Waals surface area contributed by atoms with Gasteiger partial charge in [0.25, 0.3) is 0 Å². The van der Waals surface area contributed by atoms with E-state index in [2.05, 4.69) is 28.1 Å². The van der Waals surface area contributed by atoms with E-state index in [0.29, 0.717) is 0 Å². The highest BCUT2D eigenvalue weighted by molar-refractivity contribution is 5.28. The molecule has 1 fully saturated rings. The Hall–Kier alpha value is -1.91. The molecule has 128 valence electrons. The van der Waals surface area contributed by atoms with E-state index in [1.807, 2.05) is 30.6 Å². The first-order valence-electron chi connectivity index (χ1n) is 8.58. The van der Waals surface area contributed by atoms with Gasteiger partial charge in [0.1, 0.15) is 5.75 Å². The van der Waals surface area contributed by atoms with Crippen LogP contribution in [0.3, 0.4) is 0 Å². The van der Waals surface area contributed by atoms with Crippen LogP contribution in [0.25, 0.3) is 0 Å². The van der Waals surface area contributed by atoms with E-state index in [4.69, 9.17) is 4.74 Å². The fourth-order valence-corrected chi connectivity index (χ4v) is 3.50. The summed E-state index contributed by atoms with van der Waals surface area (Å²) in [6, 6.07) is 12.3. The van der Waals surface area contributed by atoms with E-state index in [1.165, 1.54) is 11.1 Å². The molecule has 4 nitrogen and oxygen atoms in total. The summed E-state index contributed by atoms with van der Waals surface area (Å²) in [4.78, 5) is 6.65. The van der Waals surface area contributed by atoms with Crippen molar-refractivity contribution in [2.24, 2.45) is 5.41 Å². The van der Waals surface area contributed by atoms with Crippen molar-refractivity contribution in [3.8, 4) is 5.75 Å². The van der Waals surface area contributed by atoms with Gasteiger partial charge in [0.15, 0.2) is 0 Å². The van der Waals surface area contributed by atoms with Gasteiger partial charge in [-0.15, -0.1) is 0 Å². The summed E-state index contributed by atoms with van der Waals surface area (Å²) in [5.74, 6) is 0.878. The first-order valence-corrected chi connectivity index (χ1v) is 8.58. The second-order valence-electron chi connectivity index (χ2n) is 6.82. The molecular formula is C20H26N2O2. The van der Waals surface area contributed by atoms with Crippen LogP contribution in [0.5, 0.6) is 5.75 Å². The van der Waals surface area contributed by atoms with Crippen LogP contribution in [0, 0.1) is 5.41 Å². The lowest BCUT2D eigenvalue weighted by Crippen LogP contribution is -2.42. The molecule has 2 heterocycles. The van der Waals surface area contributed by atoms with Crippen LogP contribution in [-0.4, -0.2) is 41.8 Å². The summed E-state index contributed by atoms with van der Waals surface area (Å²) in [5, 5.41) is 10.0. The lowest BCUT2D eigenvalue weighted by Gasteiger charge is -2.41. The number of nitrogens with zero attached hydrogens (tertiary/aromatic N) is 2. The Morgan fingerprint density at radius 2 is 1.88 bits per heavy atom. The van der Waals surface area contributed by atoms with Crippen molar-refractivity contribution in [3.05, 3.63) is 59.9 Å². The molecule has 0 amide bonds. The van der Waals surface area contributed by atoms with Gasteiger partial charge in [0.05, 0.1) is 7.11 Å². The third-order valence-electron chi connectivity index (χ3n) is 5.12. The van der Waals surface area contributed by atoms with Crippen LogP contribution in [-0.2, 0) is 13.0 Å². The van der Waals surface area contributed by atoms with Crippen LogP contribution in [0.4, 0.5) is 0 Å². The Labute approximate surface area is 144 Å². The van der Waals surface area contributed by atoms with Gasteiger partial charge in [0, 0.05) is 25.5 Å². The average molecular weight is 326 g/mol. The molecule has 24 heavy (non-hydrogen) atoms. The molecule has 4 heteroatoms. The maximum absolute atomic E-state index is 10.0. The fourth-order valence-electron chi connectivity index (χ4n) is 3.50. The number of piperidine rings is 1. The minimum atomic E-state index is 0.0000261. The summed E-state index contributed by atoms with van der Waals surface area (Å²) in [6.07, 6.45) is 6.72. The second-order valence-corrected chi connectivity index (χ2v) is 6.82. The molecule has 1 aromatic carbocycles. The van der Waals surface area contributed by atoms with Gasteiger partial charge in [-0.3, -0.25) is 9.88 Å². The van der Waals surface area contributed by atoms with E-state index in [0.717, 1.165) is 44.6 Å².